The van der Waals surface area contributed by atoms with Crippen LogP contribution in [-0.2, 0) is 0 Å². The van der Waals surface area contributed by atoms with Gasteiger partial charge in [-0.1, -0.05) is 36.4 Å². The van der Waals surface area contributed by atoms with E-state index in [9.17, 15) is 10.2 Å². The molecule has 0 saturated heterocycles. The molecule has 3 aromatic rings. The molecule has 0 atom stereocenters. The number of hydrogen-bond donors (Lipinski definition) is 4. The number of hydrogen-bond acceptors (Lipinski definition) is 7. The zero-order valence-corrected chi connectivity index (χ0v) is 14.9. The topological polar surface area (TPSA) is 130 Å². The van der Waals surface area contributed by atoms with Gasteiger partial charge in [-0.05, 0) is 47.0 Å². The summed E-state index contributed by atoms with van der Waals surface area (Å²) in [6.07, 6.45) is 0. The Balaban J connectivity index is 0.000000431. The van der Waals surface area contributed by atoms with E-state index in [1.54, 1.807) is 24.3 Å². The summed E-state index contributed by atoms with van der Waals surface area (Å²) in [5.41, 5.74) is 4.04. The fourth-order valence-electron chi connectivity index (χ4n) is 2.35. The minimum atomic E-state index is -4.69. The van der Waals surface area contributed by atoms with Gasteiger partial charge in [0.1, 0.15) is 11.5 Å². The number of aromatic hydroxyl groups is 2. The second kappa shape index (κ2) is 8.41. The lowest BCUT2D eigenvalue weighted by Crippen LogP contribution is -2.58. The molecule has 26 heavy (non-hydrogen) atoms. The maximum Gasteiger partial charge on any atom is 0.115 e. The van der Waals surface area contributed by atoms with Crippen LogP contribution in [0.4, 0.5) is 0 Å². The summed E-state index contributed by atoms with van der Waals surface area (Å²) in [5, 5.41) is 18.9. The third-order valence-electron chi connectivity index (χ3n) is 3.38. The van der Waals surface area contributed by atoms with Crippen LogP contribution in [0, 0.1) is 10.2 Å². The van der Waals surface area contributed by atoms with E-state index in [1.165, 1.54) is 0 Å². The summed E-state index contributed by atoms with van der Waals surface area (Å²) >= 11 is 4.56. The highest BCUT2D eigenvalue weighted by Gasteiger charge is 2.10. The van der Waals surface area contributed by atoms with Gasteiger partial charge >= 0.3 is 0 Å². The van der Waals surface area contributed by atoms with Gasteiger partial charge < -0.3 is 10.2 Å². The van der Waals surface area contributed by atoms with Gasteiger partial charge in [-0.25, -0.2) is 0 Å². The molecule has 136 valence electrons. The molecule has 0 saturated carbocycles. The van der Waals surface area contributed by atoms with E-state index in [-0.39, 0.29) is 11.5 Å². The van der Waals surface area contributed by atoms with Gasteiger partial charge in [0.05, 0.1) is 14.9 Å². The van der Waals surface area contributed by atoms with E-state index < -0.39 is 10.2 Å². The average Bonchev–Trinajstić information content (AvgIpc) is 2.55. The molecule has 0 fully saturated rings. The molecule has 0 bridgehead atoms. The summed E-state index contributed by atoms with van der Waals surface area (Å²) in [6.45, 7) is 0. The predicted octanol–water partition coefficient (Wildman–Crippen LogP) is 0.597. The van der Waals surface area contributed by atoms with Crippen LogP contribution in [0.3, 0.4) is 0 Å². The molecule has 0 aliphatic heterocycles. The third kappa shape index (κ3) is 5.92. The Morgan fingerprint density at radius 2 is 1.12 bits per heavy atom. The van der Waals surface area contributed by atoms with Crippen molar-refractivity contribution in [3.63, 3.8) is 0 Å². The van der Waals surface area contributed by atoms with Gasteiger partial charge in [0, 0.05) is 10.5 Å². The molecule has 0 unspecified atom stereocenters. The molecule has 0 spiro atoms. The largest absolute Gasteiger partial charge is 0.508 e. The molecule has 0 aliphatic rings. The first-order valence-corrected chi connectivity index (χ1v) is 8.90. The van der Waals surface area contributed by atoms with Gasteiger partial charge in [-0.3, -0.25) is 0 Å². The van der Waals surface area contributed by atoms with Crippen LogP contribution in [-0.4, -0.2) is 14.9 Å². The van der Waals surface area contributed by atoms with Crippen molar-refractivity contribution in [2.45, 2.75) is 4.90 Å². The van der Waals surface area contributed by atoms with Crippen LogP contribution >= 0.6 is 12.6 Å². The lowest BCUT2D eigenvalue weighted by atomic mass is 9.94. The minimum absolute atomic E-state index is 0.238. The van der Waals surface area contributed by atoms with Crippen LogP contribution in [0.15, 0.2) is 71.6 Å². The standard InChI is InChI=1S/C18H14O2S.ClHO4/c19-14-8-4-12(5-9-14)16-2-1-3-17(21)18(16)13-6-10-15(20)11-7-13;2-1(3,4)5/h1-11,19-21H;(H,2,3,4,5). The Bertz CT molecular complexity index is 854. The van der Waals surface area contributed by atoms with E-state index in [1.807, 2.05) is 42.5 Å². The molecule has 0 aromatic heterocycles. The molecule has 3 aromatic carbocycles. The van der Waals surface area contributed by atoms with E-state index in [0.717, 1.165) is 27.1 Å². The van der Waals surface area contributed by atoms with Crippen LogP contribution < -0.4 is 14.0 Å². The van der Waals surface area contributed by atoms with Gasteiger partial charge in [-0.2, -0.15) is 14.0 Å². The molecule has 0 amide bonds. The number of benzene rings is 3. The normalized spacial score (nSPS) is 10.8. The van der Waals surface area contributed by atoms with Gasteiger partial charge in [0.15, 0.2) is 0 Å². The Morgan fingerprint density at radius 1 is 0.692 bits per heavy atom. The Hall–Kier alpha value is -2.26. The van der Waals surface area contributed by atoms with Crippen molar-refractivity contribution >= 4 is 12.6 Å². The smallest absolute Gasteiger partial charge is 0.115 e. The van der Waals surface area contributed by atoms with Crippen molar-refractivity contribution in [3.8, 4) is 33.8 Å². The number of phenols is 2. The van der Waals surface area contributed by atoms with Gasteiger partial charge in [-0.15, -0.1) is 12.6 Å². The second-order valence-corrected chi connectivity index (χ2v) is 6.46. The number of thiol groups is 1. The SMILES string of the molecule is Oc1ccc(-c2cccc(S)c2-c2ccc(O)cc2)cc1.[O-][Cl+3]([O-])([O-])O. The molecular formula is C18H15ClO6S. The second-order valence-electron chi connectivity index (χ2n) is 5.19. The molecule has 3 N–H and O–H groups in total. The summed E-state index contributed by atoms with van der Waals surface area (Å²) in [5.74, 6) is 0.480. The summed E-state index contributed by atoms with van der Waals surface area (Å²) < 4.78 is 32.7. The van der Waals surface area contributed by atoms with Crippen molar-refractivity contribution in [2.24, 2.45) is 0 Å². The van der Waals surface area contributed by atoms with Gasteiger partial charge in [0.25, 0.3) is 0 Å². The van der Waals surface area contributed by atoms with Crippen LogP contribution in [0.1, 0.15) is 0 Å². The Labute approximate surface area is 157 Å². The Morgan fingerprint density at radius 3 is 1.58 bits per heavy atom. The Kier molecular flexibility index (Phi) is 6.49. The van der Waals surface area contributed by atoms with Crippen LogP contribution in [0.2, 0.25) is 0 Å². The van der Waals surface area contributed by atoms with Crippen LogP contribution in [0.25, 0.3) is 22.3 Å². The molecule has 3 rings (SSSR count). The fourth-order valence-corrected chi connectivity index (χ4v) is 2.69. The summed E-state index contributed by atoms with van der Waals surface area (Å²) in [4.78, 5) is 0.867. The lowest BCUT2D eigenvalue weighted by molar-refractivity contribution is -1.92. The molecule has 6 nitrogen and oxygen atoms in total. The monoisotopic (exact) mass is 394 g/mol. The van der Waals surface area contributed by atoms with E-state index in [2.05, 4.69) is 12.6 Å². The quantitative estimate of drug-likeness (QED) is 0.471. The minimum Gasteiger partial charge on any atom is -0.508 e. The van der Waals surface area contributed by atoms with Crippen molar-refractivity contribution in [1.29, 1.82) is 0 Å². The molecule has 0 radical (unpaired) electrons. The number of rotatable bonds is 2. The molecule has 0 heterocycles. The molecule has 0 aliphatic carbocycles. The van der Waals surface area contributed by atoms with Gasteiger partial charge in [0.2, 0.25) is 0 Å². The maximum absolute atomic E-state index is 9.44. The van der Waals surface area contributed by atoms with Crippen molar-refractivity contribution in [1.82, 2.24) is 0 Å². The zero-order chi connectivity index (χ0) is 19.3. The highest BCUT2D eigenvalue weighted by Crippen LogP contribution is 2.37. The first-order valence-electron chi connectivity index (χ1n) is 7.19. The number of halogens is 1. The van der Waals surface area contributed by atoms with Crippen molar-refractivity contribution in [3.05, 3.63) is 66.7 Å². The van der Waals surface area contributed by atoms with E-state index >= 15 is 0 Å². The van der Waals surface area contributed by atoms with Crippen LogP contribution in [0.5, 0.6) is 11.5 Å². The number of phenolic OH excluding ortho intramolecular Hbond substituents is 2. The van der Waals surface area contributed by atoms with E-state index in [4.69, 9.17) is 18.6 Å². The summed E-state index contributed by atoms with van der Waals surface area (Å²) in [6, 6.07) is 20.1. The zero-order valence-electron chi connectivity index (χ0n) is 13.2. The first kappa shape index (κ1) is 20.1. The highest BCUT2D eigenvalue weighted by atomic mass is 35.7. The predicted molar refractivity (Wildman–Crippen MR) is 90.1 cm³/mol. The van der Waals surface area contributed by atoms with E-state index in [0.29, 0.717) is 0 Å². The highest BCUT2D eigenvalue weighted by molar-refractivity contribution is 7.80. The lowest BCUT2D eigenvalue weighted by Gasteiger charge is -2.13. The van der Waals surface area contributed by atoms with Crippen molar-refractivity contribution in [2.75, 3.05) is 0 Å². The fraction of sp³-hybridized carbons (Fsp3) is 0. The maximum atomic E-state index is 9.44. The first-order chi connectivity index (χ1) is 12.1. The summed E-state index contributed by atoms with van der Waals surface area (Å²) in [7, 11) is -4.69. The molecule has 8 heteroatoms. The van der Waals surface area contributed by atoms with Crippen molar-refractivity contribution < 1.29 is 39.1 Å². The average molecular weight is 395 g/mol. The molecular weight excluding hydrogens is 380 g/mol. The third-order valence-corrected chi connectivity index (χ3v) is 3.75.